The van der Waals surface area contributed by atoms with Crippen LogP contribution in [0.25, 0.3) is 0 Å². The maximum Gasteiger partial charge on any atom is 0.452 e. The number of carbonyl (C=O) groups excluding carboxylic acids is 1. The van der Waals surface area contributed by atoms with Gasteiger partial charge in [0, 0.05) is 13.6 Å². The molecule has 0 fully saturated rings. The minimum Gasteiger partial charge on any atom is -0.308 e. The highest BCUT2D eigenvalue weighted by atomic mass is 16.4. The first-order valence-corrected chi connectivity index (χ1v) is 2.96. The highest BCUT2D eigenvalue weighted by Crippen LogP contribution is 1.94. The van der Waals surface area contributed by atoms with Crippen molar-refractivity contribution in [3.05, 3.63) is 0 Å². The Hall–Kier alpha value is -0.730. The van der Waals surface area contributed by atoms with Gasteiger partial charge >= 0.3 is 6.09 Å². The van der Waals surface area contributed by atoms with Gasteiger partial charge in [-0.15, -0.1) is 0 Å². The number of nitrogens with zero attached hydrogens (tertiary/aromatic N) is 1. The van der Waals surface area contributed by atoms with Crippen LogP contribution in [0, 0.1) is 5.92 Å². The molecule has 0 heterocycles. The van der Waals surface area contributed by atoms with E-state index in [2.05, 4.69) is 0 Å². The molecule has 3 nitrogen and oxygen atoms in total. The number of hydrogen-bond donors (Lipinski definition) is 0. The Labute approximate surface area is 55.3 Å². The fourth-order valence-electron chi connectivity index (χ4n) is 0.622. The van der Waals surface area contributed by atoms with E-state index in [0.717, 1.165) is 0 Å². The van der Waals surface area contributed by atoms with Crippen molar-refractivity contribution in [2.45, 2.75) is 13.8 Å². The molecule has 0 unspecified atom stereocenters. The van der Waals surface area contributed by atoms with Crippen LogP contribution in [0.3, 0.4) is 0 Å². The third-order valence-corrected chi connectivity index (χ3v) is 0.951. The normalized spacial score (nSPS) is 9.78. The molecular weight excluding hydrogens is 118 g/mol. The van der Waals surface area contributed by atoms with E-state index in [9.17, 15) is 9.90 Å². The van der Waals surface area contributed by atoms with Gasteiger partial charge in [-0.05, 0) is 5.92 Å². The summed E-state index contributed by atoms with van der Waals surface area (Å²) in [5, 5.41) is 10.0. The zero-order valence-corrected chi connectivity index (χ0v) is 6.05. The van der Waals surface area contributed by atoms with E-state index in [4.69, 9.17) is 0 Å². The Morgan fingerprint density at radius 3 is 2.11 bits per heavy atom. The van der Waals surface area contributed by atoms with Gasteiger partial charge in [0.15, 0.2) is 0 Å². The van der Waals surface area contributed by atoms with E-state index < -0.39 is 6.09 Å². The van der Waals surface area contributed by atoms with Crippen molar-refractivity contribution in [3.8, 4) is 0 Å². The summed E-state index contributed by atoms with van der Waals surface area (Å²) in [6.07, 6.45) is -1.11. The fourth-order valence-corrected chi connectivity index (χ4v) is 0.622. The van der Waals surface area contributed by atoms with Crippen molar-refractivity contribution < 1.29 is 9.90 Å². The predicted molar refractivity (Wildman–Crippen MR) is 33.6 cm³/mol. The molecule has 0 aromatic heterocycles. The molecule has 0 rings (SSSR count). The van der Waals surface area contributed by atoms with Crippen LogP contribution in [-0.4, -0.2) is 24.6 Å². The molecule has 0 saturated heterocycles. The summed E-state index contributed by atoms with van der Waals surface area (Å²) in [6, 6.07) is 0. The second kappa shape index (κ2) is 3.33. The average Bonchev–Trinajstić information content (AvgIpc) is 1.63. The molecule has 0 aromatic rings. The predicted octanol–water partition coefficient (Wildman–Crippen LogP) is 1.12. The minimum absolute atomic E-state index is 0.368. The van der Waals surface area contributed by atoms with Crippen LogP contribution < -0.4 is 0 Å². The highest BCUT2D eigenvalue weighted by Gasteiger charge is 2.07. The molecule has 0 N–H and O–H groups in total. The van der Waals surface area contributed by atoms with Gasteiger partial charge in [-0.3, -0.25) is 0 Å². The monoisotopic (exact) mass is 130 g/mol. The summed E-state index contributed by atoms with van der Waals surface area (Å²) in [5.74, 6) is 0.368. The molecule has 0 aliphatic rings. The van der Waals surface area contributed by atoms with Crippen molar-refractivity contribution >= 4 is 6.09 Å². The molecule has 1 radical (unpaired) electrons. The summed E-state index contributed by atoms with van der Waals surface area (Å²) < 4.78 is 0. The van der Waals surface area contributed by atoms with Crippen molar-refractivity contribution in [2.24, 2.45) is 5.92 Å². The molecule has 53 valence electrons. The maximum atomic E-state index is 10.0. The summed E-state index contributed by atoms with van der Waals surface area (Å²) in [7, 11) is 1.51. The lowest BCUT2D eigenvalue weighted by Crippen LogP contribution is -2.27. The van der Waals surface area contributed by atoms with Crippen molar-refractivity contribution in [1.29, 1.82) is 0 Å². The molecule has 0 spiro atoms. The Balaban J connectivity index is 3.50. The van der Waals surface area contributed by atoms with Crippen LogP contribution in [0.2, 0.25) is 0 Å². The molecule has 3 heteroatoms. The molecule has 0 aromatic carbocycles. The summed E-state index contributed by atoms with van der Waals surface area (Å²) >= 11 is 0. The van der Waals surface area contributed by atoms with Gasteiger partial charge in [0.2, 0.25) is 0 Å². The molecular formula is C6H12NO2. The first kappa shape index (κ1) is 8.27. The van der Waals surface area contributed by atoms with Gasteiger partial charge in [-0.25, -0.2) is 9.90 Å². The molecule has 0 bridgehead atoms. The lowest BCUT2D eigenvalue weighted by Gasteiger charge is -2.12. The average molecular weight is 130 g/mol. The van der Waals surface area contributed by atoms with E-state index in [-0.39, 0.29) is 0 Å². The van der Waals surface area contributed by atoms with Gasteiger partial charge in [-0.2, -0.15) is 0 Å². The van der Waals surface area contributed by atoms with E-state index >= 15 is 0 Å². The van der Waals surface area contributed by atoms with Gasteiger partial charge in [0.05, 0.1) is 0 Å². The van der Waals surface area contributed by atoms with E-state index in [0.29, 0.717) is 12.5 Å². The van der Waals surface area contributed by atoms with Crippen LogP contribution in [0.1, 0.15) is 13.8 Å². The molecule has 0 aliphatic heterocycles. The summed E-state index contributed by atoms with van der Waals surface area (Å²) in [5.41, 5.74) is 0. The Bertz CT molecular complexity index is 101. The fraction of sp³-hybridized carbons (Fsp3) is 0.833. The number of carbonyl (C=O) groups is 1. The van der Waals surface area contributed by atoms with Gasteiger partial charge < -0.3 is 4.90 Å². The third kappa shape index (κ3) is 3.82. The standard InChI is InChI=1S/C6H12NO2/c1-5(2)4-7(3)6(8)9/h5H,4H2,1-3H3. The highest BCUT2D eigenvalue weighted by molar-refractivity contribution is 5.63. The zero-order chi connectivity index (χ0) is 7.44. The first-order valence-electron chi connectivity index (χ1n) is 2.96. The maximum absolute atomic E-state index is 10.0. The van der Waals surface area contributed by atoms with E-state index in [1.54, 1.807) is 0 Å². The van der Waals surface area contributed by atoms with Crippen molar-refractivity contribution in [2.75, 3.05) is 13.6 Å². The van der Waals surface area contributed by atoms with E-state index in [1.807, 2.05) is 13.8 Å². The van der Waals surface area contributed by atoms with Crippen LogP contribution in [0.15, 0.2) is 0 Å². The molecule has 0 aliphatic carbocycles. The van der Waals surface area contributed by atoms with Gasteiger partial charge in [0.1, 0.15) is 0 Å². The Morgan fingerprint density at radius 2 is 2.00 bits per heavy atom. The smallest absolute Gasteiger partial charge is 0.308 e. The number of amides is 1. The summed E-state index contributed by atoms with van der Waals surface area (Å²) in [6.45, 7) is 4.46. The Kier molecular flexibility index (Phi) is 3.06. The molecule has 9 heavy (non-hydrogen) atoms. The van der Waals surface area contributed by atoms with Gasteiger partial charge in [0.25, 0.3) is 0 Å². The lowest BCUT2D eigenvalue weighted by molar-refractivity contribution is 0.125. The zero-order valence-electron chi connectivity index (χ0n) is 6.05. The first-order chi connectivity index (χ1) is 4.04. The van der Waals surface area contributed by atoms with Crippen LogP contribution in [0.5, 0.6) is 0 Å². The quantitative estimate of drug-likeness (QED) is 0.552. The summed E-state index contributed by atoms with van der Waals surface area (Å²) in [4.78, 5) is 11.2. The molecule has 1 amide bonds. The third-order valence-electron chi connectivity index (χ3n) is 0.951. The Morgan fingerprint density at radius 1 is 1.56 bits per heavy atom. The topological polar surface area (TPSA) is 40.2 Å². The van der Waals surface area contributed by atoms with Crippen LogP contribution >= 0.6 is 0 Å². The number of rotatable bonds is 2. The van der Waals surface area contributed by atoms with Gasteiger partial charge in [-0.1, -0.05) is 13.8 Å². The van der Waals surface area contributed by atoms with E-state index in [1.165, 1.54) is 11.9 Å². The van der Waals surface area contributed by atoms with Crippen LogP contribution in [0.4, 0.5) is 4.79 Å². The number of hydrogen-bond acceptors (Lipinski definition) is 1. The van der Waals surface area contributed by atoms with Crippen LogP contribution in [-0.2, 0) is 5.11 Å². The molecule has 0 saturated carbocycles. The molecule has 0 atom stereocenters. The minimum atomic E-state index is -1.11. The van der Waals surface area contributed by atoms with Crippen molar-refractivity contribution in [3.63, 3.8) is 0 Å². The largest absolute Gasteiger partial charge is 0.452 e. The SMILES string of the molecule is CC(C)CN(C)C([O])=O. The second-order valence-corrected chi connectivity index (χ2v) is 2.54. The second-order valence-electron chi connectivity index (χ2n) is 2.54. The lowest BCUT2D eigenvalue weighted by atomic mass is 10.2. The van der Waals surface area contributed by atoms with Crippen molar-refractivity contribution in [1.82, 2.24) is 4.90 Å².